The topological polar surface area (TPSA) is 61.0 Å². The van der Waals surface area contributed by atoms with Gasteiger partial charge in [-0.3, -0.25) is 0 Å². The van der Waals surface area contributed by atoms with E-state index in [9.17, 15) is 0 Å². The molecule has 2 N–H and O–H groups in total. The zero-order chi connectivity index (χ0) is 12.3. The summed E-state index contributed by atoms with van der Waals surface area (Å²) in [4.78, 5) is 8.35. The lowest BCUT2D eigenvalue weighted by Crippen LogP contribution is -2.44. The summed E-state index contributed by atoms with van der Waals surface area (Å²) in [5.74, 6) is 0.640. The summed E-state index contributed by atoms with van der Waals surface area (Å²) in [6.07, 6.45) is 3.31. The highest BCUT2D eigenvalue weighted by Gasteiger charge is 2.22. The number of nitrogens with two attached hydrogens (primary N) is 1. The van der Waals surface area contributed by atoms with Gasteiger partial charge in [0.05, 0.1) is 5.52 Å². The first-order chi connectivity index (χ1) is 8.18. The Balaban J connectivity index is 2.16. The van der Waals surface area contributed by atoms with Crippen molar-refractivity contribution in [2.75, 3.05) is 6.61 Å². The van der Waals surface area contributed by atoms with Crippen molar-refractivity contribution in [2.24, 2.45) is 5.73 Å². The smallest absolute Gasteiger partial charge is 0.234 e. The molecule has 0 atom stereocenters. The van der Waals surface area contributed by atoms with Crippen molar-refractivity contribution in [2.45, 2.75) is 32.2 Å². The lowest BCUT2D eigenvalue weighted by atomic mass is 9.96. The Morgan fingerprint density at radius 3 is 2.82 bits per heavy atom. The molecule has 17 heavy (non-hydrogen) atoms. The number of thiophene rings is 1. The third-order valence-electron chi connectivity index (χ3n) is 3.12. The van der Waals surface area contributed by atoms with Gasteiger partial charge in [0, 0.05) is 5.54 Å². The fraction of sp³-hybridized carbons (Fsp3) is 0.500. The highest BCUT2D eigenvalue weighted by molar-refractivity contribution is 7.17. The van der Waals surface area contributed by atoms with Gasteiger partial charge in [0.2, 0.25) is 5.88 Å². The maximum atomic E-state index is 6.20. The molecular formula is C12H17N3OS. The summed E-state index contributed by atoms with van der Waals surface area (Å²) in [5, 5.41) is 1.99. The summed E-state index contributed by atoms with van der Waals surface area (Å²) in [6.45, 7) is 4.64. The zero-order valence-corrected chi connectivity index (χ0v) is 11.0. The Morgan fingerprint density at radius 2 is 2.12 bits per heavy atom. The van der Waals surface area contributed by atoms with Crippen molar-refractivity contribution in [3.05, 3.63) is 17.8 Å². The van der Waals surface area contributed by atoms with E-state index in [1.165, 1.54) is 6.33 Å². The molecular weight excluding hydrogens is 234 g/mol. The first-order valence-corrected chi connectivity index (χ1v) is 6.66. The number of hydrogen-bond acceptors (Lipinski definition) is 5. The van der Waals surface area contributed by atoms with Gasteiger partial charge in [0.25, 0.3) is 0 Å². The molecule has 0 spiro atoms. The highest BCUT2D eigenvalue weighted by Crippen LogP contribution is 2.27. The molecule has 0 amide bonds. The fourth-order valence-electron chi connectivity index (χ4n) is 1.54. The van der Waals surface area contributed by atoms with Crippen molar-refractivity contribution in [1.82, 2.24) is 9.97 Å². The minimum absolute atomic E-state index is 0.269. The Bertz CT molecular complexity index is 493. The summed E-state index contributed by atoms with van der Waals surface area (Å²) in [7, 11) is 0. The first-order valence-electron chi connectivity index (χ1n) is 5.78. The first kappa shape index (κ1) is 12.3. The van der Waals surface area contributed by atoms with Crippen molar-refractivity contribution >= 4 is 21.6 Å². The number of nitrogens with zero attached hydrogens (tertiary/aromatic N) is 2. The van der Waals surface area contributed by atoms with Gasteiger partial charge in [-0.25, -0.2) is 9.97 Å². The van der Waals surface area contributed by atoms with Crippen LogP contribution in [0.15, 0.2) is 17.8 Å². The van der Waals surface area contributed by atoms with Gasteiger partial charge in [-0.1, -0.05) is 13.8 Å². The van der Waals surface area contributed by atoms with Crippen molar-refractivity contribution in [3.8, 4) is 5.88 Å². The van der Waals surface area contributed by atoms with Crippen molar-refractivity contribution in [1.29, 1.82) is 0 Å². The molecule has 0 fully saturated rings. The number of fused-ring (bicyclic) bond motifs is 1. The quantitative estimate of drug-likeness (QED) is 0.887. The molecule has 0 unspecified atom stereocenters. The average molecular weight is 251 g/mol. The molecule has 5 heteroatoms. The maximum Gasteiger partial charge on any atom is 0.234 e. The van der Waals surface area contributed by atoms with Crippen molar-refractivity contribution in [3.63, 3.8) is 0 Å². The molecule has 0 aromatic carbocycles. The van der Waals surface area contributed by atoms with Gasteiger partial charge < -0.3 is 10.5 Å². The Kier molecular flexibility index (Phi) is 3.59. The van der Waals surface area contributed by atoms with E-state index >= 15 is 0 Å². The van der Waals surface area contributed by atoms with Crippen LogP contribution in [0.5, 0.6) is 5.88 Å². The standard InChI is InChI=1S/C12H17N3OS/c1-3-12(13,4-2)7-16-11-10-9(5-6-17-10)14-8-15-11/h5-6,8H,3-4,7,13H2,1-2H3. The molecule has 0 saturated carbocycles. The van der Waals surface area contributed by atoms with E-state index in [0.29, 0.717) is 12.5 Å². The van der Waals surface area contributed by atoms with Crippen LogP contribution < -0.4 is 10.5 Å². The van der Waals surface area contributed by atoms with Crippen molar-refractivity contribution < 1.29 is 4.74 Å². The molecule has 2 aromatic heterocycles. The van der Waals surface area contributed by atoms with Crippen LogP contribution in [-0.2, 0) is 0 Å². The number of hydrogen-bond donors (Lipinski definition) is 1. The molecule has 0 bridgehead atoms. The molecule has 4 nitrogen and oxygen atoms in total. The van der Waals surface area contributed by atoms with Crippen LogP contribution in [0.4, 0.5) is 0 Å². The SMILES string of the molecule is CCC(N)(CC)COc1ncnc2ccsc12. The number of ether oxygens (including phenoxy) is 1. The maximum absolute atomic E-state index is 6.20. The molecule has 2 aromatic rings. The highest BCUT2D eigenvalue weighted by atomic mass is 32.1. The van der Waals surface area contributed by atoms with E-state index in [1.807, 2.05) is 11.4 Å². The van der Waals surface area contributed by atoms with Gasteiger partial charge in [-0.15, -0.1) is 11.3 Å². The summed E-state index contributed by atoms with van der Waals surface area (Å²) >= 11 is 1.59. The molecule has 0 radical (unpaired) electrons. The molecule has 0 aliphatic heterocycles. The van der Waals surface area contributed by atoms with Gasteiger partial charge in [0.15, 0.2) is 0 Å². The second-order valence-corrected chi connectivity index (χ2v) is 5.09. The Labute approximate surface area is 105 Å². The predicted octanol–water partition coefficient (Wildman–Crippen LogP) is 2.59. The van der Waals surface area contributed by atoms with Crippen LogP contribution in [0.3, 0.4) is 0 Å². The summed E-state index contributed by atoms with van der Waals surface area (Å²) in [6, 6.07) is 1.96. The van der Waals surface area contributed by atoms with Gasteiger partial charge in [-0.2, -0.15) is 0 Å². The Hall–Kier alpha value is -1.20. The van der Waals surface area contributed by atoms with Crippen LogP contribution in [0.25, 0.3) is 10.2 Å². The van der Waals surface area contributed by atoms with Gasteiger partial charge in [-0.05, 0) is 24.3 Å². The molecule has 0 aliphatic carbocycles. The normalized spacial score (nSPS) is 11.9. The minimum Gasteiger partial charge on any atom is -0.475 e. The predicted molar refractivity (Wildman–Crippen MR) is 70.4 cm³/mol. The van der Waals surface area contributed by atoms with Crippen LogP contribution in [-0.4, -0.2) is 22.1 Å². The molecule has 2 rings (SSSR count). The zero-order valence-electron chi connectivity index (χ0n) is 10.1. The average Bonchev–Trinajstić information content (AvgIpc) is 2.84. The van der Waals surface area contributed by atoms with E-state index in [0.717, 1.165) is 23.1 Å². The lowest BCUT2D eigenvalue weighted by Gasteiger charge is -2.26. The Morgan fingerprint density at radius 1 is 1.35 bits per heavy atom. The summed E-state index contributed by atoms with van der Waals surface area (Å²) < 4.78 is 6.75. The van der Waals surface area contributed by atoms with Crippen LogP contribution in [0.1, 0.15) is 26.7 Å². The van der Waals surface area contributed by atoms with E-state index in [-0.39, 0.29) is 5.54 Å². The van der Waals surface area contributed by atoms with Crippen LogP contribution in [0.2, 0.25) is 0 Å². The third kappa shape index (κ3) is 2.56. The van der Waals surface area contributed by atoms with E-state index in [2.05, 4.69) is 23.8 Å². The minimum atomic E-state index is -0.269. The van der Waals surface area contributed by atoms with Crippen LogP contribution >= 0.6 is 11.3 Å². The third-order valence-corrected chi connectivity index (χ3v) is 4.01. The van der Waals surface area contributed by atoms with Gasteiger partial charge >= 0.3 is 0 Å². The lowest BCUT2D eigenvalue weighted by molar-refractivity contribution is 0.203. The van der Waals surface area contributed by atoms with Crippen LogP contribution in [0, 0.1) is 0 Å². The monoisotopic (exact) mass is 251 g/mol. The summed E-state index contributed by atoms with van der Waals surface area (Å²) in [5.41, 5.74) is 6.86. The second-order valence-electron chi connectivity index (χ2n) is 4.17. The number of rotatable bonds is 5. The van der Waals surface area contributed by atoms with Gasteiger partial charge in [0.1, 0.15) is 17.6 Å². The van der Waals surface area contributed by atoms with E-state index < -0.39 is 0 Å². The number of aromatic nitrogens is 2. The molecule has 92 valence electrons. The second kappa shape index (κ2) is 4.98. The molecule has 2 heterocycles. The largest absolute Gasteiger partial charge is 0.475 e. The fourth-order valence-corrected chi connectivity index (χ4v) is 2.32. The van der Waals surface area contributed by atoms with E-state index in [4.69, 9.17) is 10.5 Å². The van der Waals surface area contributed by atoms with E-state index in [1.54, 1.807) is 11.3 Å². The molecule has 0 aliphatic rings. The molecule has 0 saturated heterocycles.